The van der Waals surface area contributed by atoms with Gasteiger partial charge in [0.1, 0.15) is 15.9 Å². The summed E-state index contributed by atoms with van der Waals surface area (Å²) in [7, 11) is -4.71. The SMILES string of the molecule is O=Cc1ccc(O)cc1S(=O)(=O)[O-].[Na+]. The summed E-state index contributed by atoms with van der Waals surface area (Å²) >= 11 is 0. The minimum atomic E-state index is -4.71. The predicted molar refractivity (Wildman–Crippen MR) is 41.5 cm³/mol. The average Bonchev–Trinajstić information content (AvgIpc) is 2.03. The van der Waals surface area contributed by atoms with Gasteiger partial charge in [-0.05, 0) is 18.2 Å². The van der Waals surface area contributed by atoms with Crippen molar-refractivity contribution < 1.29 is 52.4 Å². The van der Waals surface area contributed by atoms with Crippen molar-refractivity contribution in [1.82, 2.24) is 0 Å². The van der Waals surface area contributed by atoms with Crippen LogP contribution in [0.15, 0.2) is 23.1 Å². The summed E-state index contributed by atoms with van der Waals surface area (Å²) in [6.45, 7) is 0. The van der Waals surface area contributed by atoms with Crippen LogP contribution >= 0.6 is 0 Å². The molecule has 1 aromatic rings. The smallest absolute Gasteiger partial charge is 0.744 e. The Morgan fingerprint density at radius 3 is 2.36 bits per heavy atom. The molecule has 1 N–H and O–H groups in total. The number of carbonyl (C=O) groups excluding carboxylic acids is 1. The number of rotatable bonds is 2. The molecule has 0 fully saturated rings. The summed E-state index contributed by atoms with van der Waals surface area (Å²) < 4.78 is 31.6. The molecule has 1 rings (SSSR count). The zero-order valence-electron chi connectivity index (χ0n) is 7.30. The van der Waals surface area contributed by atoms with E-state index in [2.05, 4.69) is 0 Å². The second kappa shape index (κ2) is 4.90. The van der Waals surface area contributed by atoms with Crippen LogP contribution in [0.3, 0.4) is 0 Å². The summed E-state index contributed by atoms with van der Waals surface area (Å²) in [6.07, 6.45) is 0.240. The van der Waals surface area contributed by atoms with Gasteiger partial charge in [0.15, 0.2) is 6.29 Å². The van der Waals surface area contributed by atoms with Crippen molar-refractivity contribution in [3.63, 3.8) is 0 Å². The van der Waals surface area contributed by atoms with Gasteiger partial charge in [0.25, 0.3) is 0 Å². The van der Waals surface area contributed by atoms with E-state index in [4.69, 9.17) is 5.11 Å². The van der Waals surface area contributed by atoms with Gasteiger partial charge in [0, 0.05) is 5.56 Å². The number of hydrogen-bond donors (Lipinski definition) is 1. The van der Waals surface area contributed by atoms with E-state index < -0.39 is 15.0 Å². The Bertz CT molecular complexity index is 439. The van der Waals surface area contributed by atoms with Crippen LogP contribution in [-0.4, -0.2) is 24.4 Å². The molecule has 0 saturated heterocycles. The Labute approximate surface area is 103 Å². The molecule has 1 aromatic carbocycles. The Morgan fingerprint density at radius 2 is 1.93 bits per heavy atom. The van der Waals surface area contributed by atoms with E-state index in [-0.39, 0.29) is 47.2 Å². The zero-order valence-corrected chi connectivity index (χ0v) is 10.1. The summed E-state index contributed by atoms with van der Waals surface area (Å²) in [6, 6.07) is 2.93. The molecule has 70 valence electrons. The molecule has 14 heavy (non-hydrogen) atoms. The topological polar surface area (TPSA) is 94.5 Å². The third kappa shape index (κ3) is 3.07. The van der Waals surface area contributed by atoms with E-state index in [1.54, 1.807) is 0 Å². The largest absolute Gasteiger partial charge is 1.00 e. The van der Waals surface area contributed by atoms with Crippen molar-refractivity contribution in [2.24, 2.45) is 0 Å². The van der Waals surface area contributed by atoms with E-state index in [1.165, 1.54) is 0 Å². The second-order valence-corrected chi connectivity index (χ2v) is 3.64. The van der Waals surface area contributed by atoms with Gasteiger partial charge in [-0.15, -0.1) is 0 Å². The third-order valence-electron chi connectivity index (χ3n) is 1.39. The number of benzene rings is 1. The van der Waals surface area contributed by atoms with Gasteiger partial charge in [-0.3, -0.25) is 4.79 Å². The number of phenolic OH excluding ortho intramolecular Hbond substituents is 1. The number of carbonyl (C=O) groups is 1. The van der Waals surface area contributed by atoms with Crippen LogP contribution in [0, 0.1) is 0 Å². The summed E-state index contributed by atoms with van der Waals surface area (Å²) in [5, 5.41) is 8.88. The molecular weight excluding hydrogens is 219 g/mol. The Balaban J connectivity index is 0.00000169. The maximum absolute atomic E-state index is 10.5. The molecule has 0 atom stereocenters. The first-order chi connectivity index (χ1) is 5.95. The summed E-state index contributed by atoms with van der Waals surface area (Å²) in [5.74, 6) is -0.375. The molecular formula is C7H5NaO5S. The Morgan fingerprint density at radius 1 is 1.36 bits per heavy atom. The number of hydrogen-bond acceptors (Lipinski definition) is 5. The van der Waals surface area contributed by atoms with Crippen molar-refractivity contribution in [2.45, 2.75) is 4.90 Å². The monoisotopic (exact) mass is 224 g/mol. The molecule has 0 heterocycles. The van der Waals surface area contributed by atoms with Crippen molar-refractivity contribution in [1.29, 1.82) is 0 Å². The quantitative estimate of drug-likeness (QED) is 0.330. The van der Waals surface area contributed by atoms with Gasteiger partial charge in [-0.25, -0.2) is 8.42 Å². The first-order valence-electron chi connectivity index (χ1n) is 3.19. The molecule has 0 radical (unpaired) electrons. The standard InChI is InChI=1S/C7H6O5S.Na/c8-4-5-1-2-6(9)3-7(5)13(10,11)12;/h1-4,9H,(H,10,11,12);/q;+1/p-1. The molecule has 7 heteroatoms. The molecule has 0 aromatic heterocycles. The van der Waals surface area contributed by atoms with Gasteiger partial charge in [-0.2, -0.15) is 0 Å². The molecule has 5 nitrogen and oxygen atoms in total. The van der Waals surface area contributed by atoms with Gasteiger partial charge in [0.05, 0.1) is 4.90 Å². The van der Waals surface area contributed by atoms with Crippen LogP contribution in [0.25, 0.3) is 0 Å². The minimum Gasteiger partial charge on any atom is -0.744 e. The first-order valence-corrected chi connectivity index (χ1v) is 4.60. The number of aldehydes is 1. The minimum absolute atomic E-state index is 0. The van der Waals surface area contributed by atoms with Gasteiger partial charge in [0.2, 0.25) is 0 Å². The van der Waals surface area contributed by atoms with Crippen molar-refractivity contribution >= 4 is 16.4 Å². The average molecular weight is 224 g/mol. The van der Waals surface area contributed by atoms with Gasteiger partial charge >= 0.3 is 29.6 Å². The van der Waals surface area contributed by atoms with E-state index in [0.717, 1.165) is 18.2 Å². The fraction of sp³-hybridized carbons (Fsp3) is 0. The number of aromatic hydroxyl groups is 1. The van der Waals surface area contributed by atoms with Gasteiger partial charge in [-0.1, -0.05) is 0 Å². The van der Waals surface area contributed by atoms with Gasteiger partial charge < -0.3 is 9.66 Å². The maximum atomic E-state index is 10.5. The molecule has 0 spiro atoms. The van der Waals surface area contributed by atoms with Crippen molar-refractivity contribution in [2.75, 3.05) is 0 Å². The molecule has 0 bridgehead atoms. The summed E-state index contributed by atoms with van der Waals surface area (Å²) in [5.41, 5.74) is -0.257. The van der Waals surface area contributed by atoms with Crippen LogP contribution in [0.1, 0.15) is 10.4 Å². The molecule has 0 aliphatic heterocycles. The predicted octanol–water partition coefficient (Wildman–Crippen LogP) is -2.89. The first kappa shape index (κ1) is 13.6. The third-order valence-corrected chi connectivity index (χ3v) is 2.29. The van der Waals surface area contributed by atoms with E-state index >= 15 is 0 Å². The van der Waals surface area contributed by atoms with Crippen LogP contribution in [0.2, 0.25) is 0 Å². The van der Waals surface area contributed by atoms with E-state index in [9.17, 15) is 17.8 Å². The summed E-state index contributed by atoms with van der Waals surface area (Å²) in [4.78, 5) is 9.59. The zero-order chi connectivity index (χ0) is 10.1. The van der Waals surface area contributed by atoms with Crippen LogP contribution in [0.4, 0.5) is 0 Å². The van der Waals surface area contributed by atoms with Crippen molar-refractivity contribution in [3.8, 4) is 5.75 Å². The fourth-order valence-electron chi connectivity index (χ4n) is 0.837. The molecule has 0 aliphatic rings. The van der Waals surface area contributed by atoms with Crippen molar-refractivity contribution in [3.05, 3.63) is 23.8 Å². The van der Waals surface area contributed by atoms with Crippen LogP contribution in [-0.2, 0) is 10.1 Å². The van der Waals surface area contributed by atoms with Crippen LogP contribution < -0.4 is 29.6 Å². The Kier molecular flexibility index (Phi) is 4.76. The normalized spacial score (nSPS) is 10.4. The molecule has 0 saturated carbocycles. The second-order valence-electron chi connectivity index (χ2n) is 2.29. The Hall–Kier alpha value is -0.400. The molecule has 0 aliphatic carbocycles. The molecule has 0 amide bonds. The fourth-order valence-corrected chi connectivity index (χ4v) is 1.51. The van der Waals surface area contributed by atoms with E-state index in [0.29, 0.717) is 0 Å². The van der Waals surface area contributed by atoms with Crippen LogP contribution in [0.5, 0.6) is 5.75 Å². The number of phenols is 1. The maximum Gasteiger partial charge on any atom is 1.00 e. The molecule has 0 unspecified atom stereocenters. The van der Waals surface area contributed by atoms with E-state index in [1.807, 2.05) is 0 Å².